The van der Waals surface area contributed by atoms with E-state index < -0.39 is 0 Å². The van der Waals surface area contributed by atoms with Gasteiger partial charge >= 0.3 is 0 Å². The molecule has 0 saturated heterocycles. The van der Waals surface area contributed by atoms with Crippen LogP contribution in [0.15, 0.2) is 30.5 Å². The van der Waals surface area contributed by atoms with Crippen LogP contribution >= 0.6 is 11.6 Å². The van der Waals surface area contributed by atoms with Gasteiger partial charge in [0.15, 0.2) is 0 Å². The average molecular weight is 319 g/mol. The number of anilines is 2. The molecule has 2 rings (SSSR count). The molecule has 1 aromatic carbocycles. The van der Waals surface area contributed by atoms with Crippen LogP contribution in [0.3, 0.4) is 0 Å². The van der Waals surface area contributed by atoms with E-state index in [0.29, 0.717) is 29.1 Å². The van der Waals surface area contributed by atoms with Crippen molar-refractivity contribution in [3.05, 3.63) is 46.7 Å². The van der Waals surface area contributed by atoms with E-state index in [-0.39, 0.29) is 5.91 Å². The van der Waals surface area contributed by atoms with Crippen LogP contribution in [0, 0.1) is 12.8 Å². The standard InChI is InChI=1S/C16H19ClN4O/c1-10(2)9-19-15(22)14-7-8-18-16(21-14)20-13-6-4-5-12(17)11(13)3/h4-8,10H,9H2,1-3H3,(H,19,22)(H,18,20,21). The Kier molecular flexibility index (Phi) is 5.33. The molecule has 0 aliphatic rings. The lowest BCUT2D eigenvalue weighted by Gasteiger charge is -2.10. The van der Waals surface area contributed by atoms with Crippen molar-refractivity contribution >= 4 is 29.1 Å². The molecule has 0 spiro atoms. The molecule has 1 heterocycles. The van der Waals surface area contributed by atoms with E-state index in [4.69, 9.17) is 11.6 Å². The normalized spacial score (nSPS) is 10.6. The number of aromatic nitrogens is 2. The van der Waals surface area contributed by atoms with Crippen LogP contribution in [0.5, 0.6) is 0 Å². The zero-order valence-corrected chi connectivity index (χ0v) is 13.6. The highest BCUT2D eigenvalue weighted by molar-refractivity contribution is 6.31. The van der Waals surface area contributed by atoms with Gasteiger partial charge in [-0.25, -0.2) is 9.97 Å². The minimum atomic E-state index is -0.207. The predicted molar refractivity (Wildman–Crippen MR) is 88.7 cm³/mol. The molecule has 116 valence electrons. The molecule has 0 atom stereocenters. The monoisotopic (exact) mass is 318 g/mol. The Balaban J connectivity index is 2.15. The number of rotatable bonds is 5. The Morgan fingerprint density at radius 1 is 1.32 bits per heavy atom. The van der Waals surface area contributed by atoms with Gasteiger partial charge in [-0.15, -0.1) is 0 Å². The van der Waals surface area contributed by atoms with Crippen LogP contribution in [-0.2, 0) is 0 Å². The third-order valence-electron chi connectivity index (χ3n) is 3.07. The molecule has 0 aliphatic carbocycles. The molecule has 0 fully saturated rings. The Labute approximate surface area is 135 Å². The maximum Gasteiger partial charge on any atom is 0.270 e. The van der Waals surface area contributed by atoms with Crippen LogP contribution in [0.1, 0.15) is 29.9 Å². The summed E-state index contributed by atoms with van der Waals surface area (Å²) in [4.78, 5) is 20.4. The number of nitrogens with zero attached hydrogens (tertiary/aromatic N) is 2. The number of halogens is 1. The summed E-state index contributed by atoms with van der Waals surface area (Å²) in [7, 11) is 0. The van der Waals surface area contributed by atoms with Crippen LogP contribution in [0.4, 0.5) is 11.6 Å². The molecule has 2 N–H and O–H groups in total. The molecule has 2 aromatic rings. The first-order valence-electron chi connectivity index (χ1n) is 7.10. The Morgan fingerprint density at radius 3 is 2.82 bits per heavy atom. The molecule has 22 heavy (non-hydrogen) atoms. The van der Waals surface area contributed by atoms with Gasteiger partial charge in [0, 0.05) is 23.5 Å². The quantitative estimate of drug-likeness (QED) is 0.884. The van der Waals surface area contributed by atoms with E-state index in [2.05, 4.69) is 20.6 Å². The maximum absolute atomic E-state index is 12.0. The Hall–Kier alpha value is -2.14. The molecule has 0 saturated carbocycles. The van der Waals surface area contributed by atoms with Crippen molar-refractivity contribution in [2.24, 2.45) is 5.92 Å². The fraction of sp³-hybridized carbons (Fsp3) is 0.312. The van der Waals surface area contributed by atoms with E-state index in [1.807, 2.05) is 39.0 Å². The first-order chi connectivity index (χ1) is 10.5. The molecule has 0 aliphatic heterocycles. The maximum atomic E-state index is 12.0. The van der Waals surface area contributed by atoms with Crippen molar-refractivity contribution < 1.29 is 4.79 Å². The van der Waals surface area contributed by atoms with Gasteiger partial charge in [-0.05, 0) is 36.6 Å². The zero-order chi connectivity index (χ0) is 16.1. The van der Waals surface area contributed by atoms with Gasteiger partial charge in [-0.2, -0.15) is 0 Å². The van der Waals surface area contributed by atoms with Gasteiger partial charge in [0.2, 0.25) is 5.95 Å². The lowest BCUT2D eigenvalue weighted by Crippen LogP contribution is -2.28. The molecule has 1 aromatic heterocycles. The number of benzene rings is 1. The van der Waals surface area contributed by atoms with Crippen molar-refractivity contribution in [3.63, 3.8) is 0 Å². The SMILES string of the molecule is Cc1c(Cl)cccc1Nc1nccc(C(=O)NCC(C)C)n1. The van der Waals surface area contributed by atoms with Gasteiger partial charge < -0.3 is 10.6 Å². The lowest BCUT2D eigenvalue weighted by molar-refractivity contribution is 0.0944. The van der Waals surface area contributed by atoms with Crippen molar-refractivity contribution in [1.29, 1.82) is 0 Å². The van der Waals surface area contributed by atoms with Gasteiger partial charge in [-0.1, -0.05) is 31.5 Å². The number of hydrogen-bond acceptors (Lipinski definition) is 4. The third kappa shape index (κ3) is 4.18. The second kappa shape index (κ2) is 7.22. The summed E-state index contributed by atoms with van der Waals surface area (Å²) in [5.74, 6) is 0.544. The number of hydrogen-bond donors (Lipinski definition) is 2. The summed E-state index contributed by atoms with van der Waals surface area (Å²) in [5.41, 5.74) is 2.05. The molecule has 0 bridgehead atoms. The number of carbonyl (C=O) groups is 1. The predicted octanol–water partition coefficient (Wildman–Crippen LogP) is 3.57. The van der Waals surface area contributed by atoms with E-state index >= 15 is 0 Å². The van der Waals surface area contributed by atoms with E-state index in [9.17, 15) is 4.79 Å². The van der Waals surface area contributed by atoms with Crippen molar-refractivity contribution in [2.45, 2.75) is 20.8 Å². The number of amides is 1. The Morgan fingerprint density at radius 2 is 2.09 bits per heavy atom. The second-order valence-electron chi connectivity index (χ2n) is 5.41. The zero-order valence-electron chi connectivity index (χ0n) is 12.9. The molecule has 1 amide bonds. The van der Waals surface area contributed by atoms with Crippen molar-refractivity contribution in [2.75, 3.05) is 11.9 Å². The first-order valence-corrected chi connectivity index (χ1v) is 7.48. The van der Waals surface area contributed by atoms with E-state index in [0.717, 1.165) is 11.3 Å². The highest BCUT2D eigenvalue weighted by atomic mass is 35.5. The molecular formula is C16H19ClN4O. The third-order valence-corrected chi connectivity index (χ3v) is 3.48. The van der Waals surface area contributed by atoms with Crippen LogP contribution in [0.25, 0.3) is 0 Å². The highest BCUT2D eigenvalue weighted by Gasteiger charge is 2.10. The molecule has 5 nitrogen and oxygen atoms in total. The molecular weight excluding hydrogens is 300 g/mol. The fourth-order valence-corrected chi connectivity index (χ4v) is 1.97. The summed E-state index contributed by atoms with van der Waals surface area (Å²) < 4.78 is 0. The van der Waals surface area contributed by atoms with Crippen molar-refractivity contribution in [1.82, 2.24) is 15.3 Å². The first kappa shape index (κ1) is 16.2. The van der Waals surface area contributed by atoms with Crippen molar-refractivity contribution in [3.8, 4) is 0 Å². The smallest absolute Gasteiger partial charge is 0.270 e. The van der Waals surface area contributed by atoms with Gasteiger partial charge in [0.1, 0.15) is 5.69 Å². The fourth-order valence-electron chi connectivity index (χ4n) is 1.80. The minimum absolute atomic E-state index is 0.207. The van der Waals surface area contributed by atoms with Gasteiger partial charge in [0.25, 0.3) is 5.91 Å². The van der Waals surface area contributed by atoms with Gasteiger partial charge in [0.05, 0.1) is 0 Å². The highest BCUT2D eigenvalue weighted by Crippen LogP contribution is 2.24. The lowest BCUT2D eigenvalue weighted by atomic mass is 10.2. The van der Waals surface area contributed by atoms with E-state index in [1.165, 1.54) is 0 Å². The topological polar surface area (TPSA) is 66.9 Å². The number of nitrogens with one attached hydrogen (secondary N) is 2. The number of carbonyl (C=O) groups excluding carboxylic acids is 1. The molecule has 0 radical (unpaired) electrons. The largest absolute Gasteiger partial charge is 0.350 e. The summed E-state index contributed by atoms with van der Waals surface area (Å²) in [6.07, 6.45) is 1.56. The second-order valence-corrected chi connectivity index (χ2v) is 5.81. The van der Waals surface area contributed by atoms with Crippen LogP contribution < -0.4 is 10.6 Å². The molecule has 6 heteroatoms. The summed E-state index contributed by atoms with van der Waals surface area (Å²) >= 11 is 6.09. The summed E-state index contributed by atoms with van der Waals surface area (Å²) in [6, 6.07) is 7.14. The van der Waals surface area contributed by atoms with Gasteiger partial charge in [-0.3, -0.25) is 4.79 Å². The Bertz CT molecular complexity index is 673. The summed E-state index contributed by atoms with van der Waals surface area (Å²) in [6.45, 7) is 6.59. The molecule has 0 unspecified atom stereocenters. The minimum Gasteiger partial charge on any atom is -0.350 e. The van der Waals surface area contributed by atoms with E-state index in [1.54, 1.807) is 12.3 Å². The summed E-state index contributed by atoms with van der Waals surface area (Å²) in [5, 5.41) is 6.58. The van der Waals surface area contributed by atoms with Crippen LogP contribution in [-0.4, -0.2) is 22.4 Å². The van der Waals surface area contributed by atoms with Crippen LogP contribution in [0.2, 0.25) is 5.02 Å². The average Bonchev–Trinajstić information content (AvgIpc) is 2.50.